The van der Waals surface area contributed by atoms with Gasteiger partial charge in [0.25, 0.3) is 0 Å². The van der Waals surface area contributed by atoms with Crippen molar-refractivity contribution in [2.45, 2.75) is 43.4 Å². The number of hydrogen-bond donors (Lipinski definition) is 1. The molecular weight excluding hydrogens is 486 g/mol. The highest BCUT2D eigenvalue weighted by molar-refractivity contribution is 7.92. The van der Waals surface area contributed by atoms with Crippen LogP contribution in [-0.2, 0) is 15.4 Å². The molecule has 0 unspecified atom stereocenters. The van der Waals surface area contributed by atoms with Gasteiger partial charge in [0.05, 0.1) is 42.7 Å². The van der Waals surface area contributed by atoms with Crippen molar-refractivity contribution < 1.29 is 8.42 Å². The molecule has 0 amide bonds. The first-order valence-corrected chi connectivity index (χ1v) is 13.8. The SMILES string of the molecule is CNC(C)(C)c1cc(-c2ccc(-c3cccc(S(=O)(=O)C(C)C)c3)s2)n(-c2ccccc2Cl)n1. The van der Waals surface area contributed by atoms with Crippen LogP contribution in [0.25, 0.3) is 26.7 Å². The fraction of sp³-hybridized carbons (Fsp3) is 0.269. The summed E-state index contributed by atoms with van der Waals surface area (Å²) in [5.41, 5.74) is 3.16. The first kappa shape index (κ1) is 24.7. The number of thiophene rings is 1. The van der Waals surface area contributed by atoms with Gasteiger partial charge in [-0.3, -0.25) is 0 Å². The number of nitrogens with one attached hydrogen (secondary N) is 1. The monoisotopic (exact) mass is 513 g/mol. The van der Waals surface area contributed by atoms with E-state index in [1.165, 1.54) is 0 Å². The van der Waals surface area contributed by atoms with Crippen molar-refractivity contribution in [3.05, 3.63) is 77.4 Å². The highest BCUT2D eigenvalue weighted by Crippen LogP contribution is 2.38. The van der Waals surface area contributed by atoms with Gasteiger partial charge in [-0.05, 0) is 82.8 Å². The molecule has 0 aliphatic heterocycles. The fourth-order valence-electron chi connectivity index (χ4n) is 3.53. The van der Waals surface area contributed by atoms with Crippen LogP contribution in [-0.4, -0.2) is 30.5 Å². The Morgan fingerprint density at radius 1 is 1.00 bits per heavy atom. The van der Waals surface area contributed by atoms with Gasteiger partial charge in [-0.25, -0.2) is 13.1 Å². The van der Waals surface area contributed by atoms with Crippen molar-refractivity contribution in [3.63, 3.8) is 0 Å². The molecule has 178 valence electrons. The third kappa shape index (κ3) is 4.58. The van der Waals surface area contributed by atoms with E-state index in [0.29, 0.717) is 9.92 Å². The van der Waals surface area contributed by atoms with Crippen LogP contribution < -0.4 is 5.32 Å². The van der Waals surface area contributed by atoms with Gasteiger partial charge in [-0.2, -0.15) is 5.10 Å². The Bertz CT molecular complexity index is 1440. The number of aromatic nitrogens is 2. The number of benzene rings is 2. The predicted octanol–water partition coefficient (Wildman–Crippen LogP) is 6.56. The Morgan fingerprint density at radius 3 is 2.38 bits per heavy atom. The predicted molar refractivity (Wildman–Crippen MR) is 142 cm³/mol. The van der Waals surface area contributed by atoms with Crippen LogP contribution in [0.4, 0.5) is 0 Å². The summed E-state index contributed by atoms with van der Waals surface area (Å²) in [6, 6.07) is 20.9. The molecular formula is C26H28ClN3O2S2. The maximum atomic E-state index is 12.7. The summed E-state index contributed by atoms with van der Waals surface area (Å²) in [5.74, 6) is 0. The molecule has 0 saturated carbocycles. The molecule has 0 atom stereocenters. The Kier molecular flexibility index (Phi) is 6.75. The molecule has 4 rings (SSSR count). The normalized spacial score (nSPS) is 12.4. The van der Waals surface area contributed by atoms with E-state index in [1.807, 2.05) is 54.2 Å². The fourth-order valence-corrected chi connectivity index (χ4v) is 5.85. The lowest BCUT2D eigenvalue weighted by Gasteiger charge is -2.21. The van der Waals surface area contributed by atoms with Gasteiger partial charge in [-0.1, -0.05) is 35.9 Å². The summed E-state index contributed by atoms with van der Waals surface area (Å²) in [6.45, 7) is 7.56. The van der Waals surface area contributed by atoms with Gasteiger partial charge in [0.15, 0.2) is 9.84 Å². The second-order valence-corrected chi connectivity index (χ2v) is 12.9. The average Bonchev–Trinajstić information content (AvgIpc) is 3.47. The van der Waals surface area contributed by atoms with Crippen LogP contribution in [0.5, 0.6) is 0 Å². The summed E-state index contributed by atoms with van der Waals surface area (Å²) in [7, 11) is -1.43. The van der Waals surface area contributed by atoms with Crippen molar-refractivity contribution in [2.75, 3.05) is 7.05 Å². The molecule has 0 bridgehead atoms. The van der Waals surface area contributed by atoms with Gasteiger partial charge in [0.2, 0.25) is 0 Å². The summed E-state index contributed by atoms with van der Waals surface area (Å²) in [6.07, 6.45) is 0. The molecule has 0 spiro atoms. The number of halogens is 1. The van der Waals surface area contributed by atoms with Crippen molar-refractivity contribution in [3.8, 4) is 26.7 Å². The van der Waals surface area contributed by atoms with E-state index < -0.39 is 15.1 Å². The maximum Gasteiger partial charge on any atom is 0.180 e. The molecule has 0 aliphatic carbocycles. The molecule has 34 heavy (non-hydrogen) atoms. The maximum absolute atomic E-state index is 12.7. The summed E-state index contributed by atoms with van der Waals surface area (Å²) in [5, 5.41) is 8.36. The van der Waals surface area contributed by atoms with Gasteiger partial charge >= 0.3 is 0 Å². The highest BCUT2D eigenvalue weighted by Gasteiger charge is 2.25. The standard InChI is InChI=1S/C26H28ClN3O2S2/c1-17(2)34(31,32)19-10-8-9-18(15-19)23-13-14-24(33-23)22-16-25(26(3,4)28-5)29-30(22)21-12-7-6-11-20(21)27/h6-17,28H,1-5H3. The number of para-hydroxylation sites is 1. The van der Waals surface area contributed by atoms with Crippen LogP contribution in [0.15, 0.2) is 71.6 Å². The Balaban J connectivity index is 1.82. The molecule has 2 heterocycles. The van der Waals surface area contributed by atoms with Gasteiger partial charge in [-0.15, -0.1) is 11.3 Å². The molecule has 8 heteroatoms. The number of hydrogen-bond acceptors (Lipinski definition) is 5. The van der Waals surface area contributed by atoms with Crippen LogP contribution in [0.2, 0.25) is 5.02 Å². The van der Waals surface area contributed by atoms with E-state index in [4.69, 9.17) is 16.7 Å². The summed E-state index contributed by atoms with van der Waals surface area (Å²) < 4.78 is 27.2. The number of rotatable bonds is 7. The third-order valence-corrected chi connectivity index (χ3v) is 9.61. The Morgan fingerprint density at radius 2 is 1.71 bits per heavy atom. The van der Waals surface area contributed by atoms with E-state index in [0.717, 1.165) is 32.4 Å². The molecule has 0 radical (unpaired) electrons. The quantitative estimate of drug-likeness (QED) is 0.304. The topological polar surface area (TPSA) is 64.0 Å². The van der Waals surface area contributed by atoms with Crippen molar-refractivity contribution in [2.24, 2.45) is 0 Å². The molecule has 5 nitrogen and oxygen atoms in total. The molecule has 4 aromatic rings. The molecule has 2 aromatic carbocycles. The number of nitrogens with zero attached hydrogens (tertiary/aromatic N) is 2. The summed E-state index contributed by atoms with van der Waals surface area (Å²) in [4.78, 5) is 2.34. The minimum atomic E-state index is -3.35. The lowest BCUT2D eigenvalue weighted by atomic mass is 10.0. The zero-order valence-corrected chi connectivity index (χ0v) is 22.2. The zero-order valence-electron chi connectivity index (χ0n) is 19.8. The molecule has 0 fully saturated rings. The van der Waals surface area contributed by atoms with E-state index in [1.54, 1.807) is 43.4 Å². The molecule has 2 aromatic heterocycles. The lowest BCUT2D eigenvalue weighted by Crippen LogP contribution is -2.33. The van der Waals surface area contributed by atoms with E-state index in [2.05, 4.69) is 25.2 Å². The second-order valence-electron chi connectivity index (χ2n) is 8.94. The zero-order chi connectivity index (χ0) is 24.7. The largest absolute Gasteiger partial charge is 0.310 e. The molecule has 0 saturated heterocycles. The first-order chi connectivity index (χ1) is 16.0. The van der Waals surface area contributed by atoms with E-state index >= 15 is 0 Å². The van der Waals surface area contributed by atoms with Crippen molar-refractivity contribution >= 4 is 32.8 Å². The third-order valence-electron chi connectivity index (χ3n) is 5.98. The average molecular weight is 514 g/mol. The minimum Gasteiger partial charge on any atom is -0.310 e. The van der Waals surface area contributed by atoms with E-state index in [9.17, 15) is 8.42 Å². The highest BCUT2D eigenvalue weighted by atomic mass is 35.5. The molecule has 1 N–H and O–H groups in total. The summed E-state index contributed by atoms with van der Waals surface area (Å²) >= 11 is 8.13. The van der Waals surface area contributed by atoms with Crippen LogP contribution >= 0.6 is 22.9 Å². The van der Waals surface area contributed by atoms with Crippen LogP contribution in [0.3, 0.4) is 0 Å². The Hall–Kier alpha value is -2.45. The Labute approximate surface area is 210 Å². The number of sulfone groups is 1. The first-order valence-electron chi connectivity index (χ1n) is 11.0. The second kappa shape index (κ2) is 9.30. The lowest BCUT2D eigenvalue weighted by molar-refractivity contribution is 0.428. The van der Waals surface area contributed by atoms with E-state index in [-0.39, 0.29) is 5.54 Å². The molecule has 0 aliphatic rings. The van der Waals surface area contributed by atoms with Gasteiger partial charge in [0, 0.05) is 4.88 Å². The minimum absolute atomic E-state index is 0.332. The van der Waals surface area contributed by atoms with Gasteiger partial charge in [0.1, 0.15) is 0 Å². The smallest absolute Gasteiger partial charge is 0.180 e. The van der Waals surface area contributed by atoms with Crippen molar-refractivity contribution in [1.82, 2.24) is 15.1 Å². The van der Waals surface area contributed by atoms with Gasteiger partial charge < -0.3 is 5.32 Å². The van der Waals surface area contributed by atoms with Crippen LogP contribution in [0.1, 0.15) is 33.4 Å². The van der Waals surface area contributed by atoms with Crippen LogP contribution in [0, 0.1) is 0 Å². The van der Waals surface area contributed by atoms with Crippen molar-refractivity contribution in [1.29, 1.82) is 0 Å².